The molecule has 1 saturated heterocycles. The van der Waals surface area contributed by atoms with Crippen LogP contribution in [0.2, 0.25) is 0 Å². The molecule has 1 amide bonds. The van der Waals surface area contributed by atoms with Crippen LogP contribution >= 0.6 is 11.3 Å². The predicted octanol–water partition coefficient (Wildman–Crippen LogP) is 5.32. The van der Waals surface area contributed by atoms with Crippen LogP contribution in [-0.4, -0.2) is 53.2 Å². The Hall–Kier alpha value is -4.34. The average Bonchev–Trinajstić information content (AvgIpc) is 3.63. The first-order valence-corrected chi connectivity index (χ1v) is 12.9. The molecule has 1 N–H and O–H groups in total. The molecule has 9 heteroatoms. The summed E-state index contributed by atoms with van der Waals surface area (Å²) < 4.78 is 7.29. The van der Waals surface area contributed by atoms with Crippen molar-refractivity contribution >= 4 is 51.4 Å². The minimum atomic E-state index is -0.144. The van der Waals surface area contributed by atoms with Crippen LogP contribution in [0.3, 0.4) is 0 Å². The summed E-state index contributed by atoms with van der Waals surface area (Å²) in [5.41, 5.74) is 5.17. The number of morpholine rings is 1. The number of hydrogen-bond acceptors (Lipinski definition) is 7. The second kappa shape index (κ2) is 10.3. The molecule has 1 aliphatic rings. The first-order chi connectivity index (χ1) is 18.2. The van der Waals surface area contributed by atoms with Crippen LogP contribution < -0.4 is 10.2 Å². The van der Waals surface area contributed by atoms with Gasteiger partial charge in [0.05, 0.1) is 42.5 Å². The third-order valence-electron chi connectivity index (χ3n) is 6.20. The zero-order valence-electron chi connectivity index (χ0n) is 19.9. The first-order valence-electron chi connectivity index (χ1n) is 12.0. The average molecular weight is 509 g/mol. The van der Waals surface area contributed by atoms with Crippen LogP contribution in [0.4, 0.5) is 17.1 Å². The second-order valence-corrected chi connectivity index (χ2v) is 9.50. The van der Waals surface area contributed by atoms with Gasteiger partial charge in [-0.25, -0.2) is 9.67 Å². The van der Waals surface area contributed by atoms with E-state index in [1.165, 1.54) is 0 Å². The Balaban J connectivity index is 1.14. The van der Waals surface area contributed by atoms with E-state index >= 15 is 0 Å². The molecule has 1 aliphatic heterocycles. The number of benzene rings is 3. The molecule has 6 rings (SSSR count). The number of carbonyl (C=O) groups is 1. The molecule has 0 aliphatic carbocycles. The summed E-state index contributed by atoms with van der Waals surface area (Å²) in [6.45, 7) is 3.19. The Morgan fingerprint density at radius 2 is 1.78 bits per heavy atom. The molecular weight excluding hydrogens is 484 g/mol. The number of nitrogens with zero attached hydrogens (tertiary/aromatic N) is 5. The van der Waals surface area contributed by atoms with Crippen LogP contribution in [0.5, 0.6) is 0 Å². The molecule has 3 heterocycles. The smallest absolute Gasteiger partial charge is 0.255 e. The van der Waals surface area contributed by atoms with Gasteiger partial charge in [-0.1, -0.05) is 0 Å². The standard InChI is InChI=1S/C28H24N6O2S/c35-28(20-1-6-24(7-2-20)33-12-14-36-15-13-33)32-23-5-10-26-21(17-23)18-31-34(26)25-8-3-22(4-9-25)30-19-27-29-11-16-37-27/h1-11,16-19H,12-15H2,(H,32,35)/b30-19+. The quantitative estimate of drug-likeness (QED) is 0.314. The number of nitrogens with one attached hydrogen (secondary N) is 1. The Morgan fingerprint density at radius 3 is 2.54 bits per heavy atom. The summed E-state index contributed by atoms with van der Waals surface area (Å²) in [6.07, 6.45) is 5.33. The van der Waals surface area contributed by atoms with Gasteiger partial charge in [-0.05, 0) is 66.7 Å². The molecule has 3 aromatic carbocycles. The van der Waals surface area contributed by atoms with E-state index in [-0.39, 0.29) is 5.91 Å². The van der Waals surface area contributed by atoms with E-state index in [2.05, 4.69) is 25.3 Å². The largest absolute Gasteiger partial charge is 0.378 e. The van der Waals surface area contributed by atoms with E-state index in [1.54, 1.807) is 29.9 Å². The van der Waals surface area contributed by atoms with E-state index < -0.39 is 0 Å². The van der Waals surface area contributed by atoms with Crippen molar-refractivity contribution in [1.82, 2.24) is 14.8 Å². The number of aromatic nitrogens is 3. The van der Waals surface area contributed by atoms with Gasteiger partial charge in [0.2, 0.25) is 0 Å². The normalized spacial score (nSPS) is 13.9. The maximum Gasteiger partial charge on any atom is 0.255 e. The number of aliphatic imine (C=N–C) groups is 1. The van der Waals surface area contributed by atoms with Crippen molar-refractivity contribution in [3.8, 4) is 5.69 Å². The highest BCUT2D eigenvalue weighted by Crippen LogP contribution is 2.24. The van der Waals surface area contributed by atoms with Crippen molar-refractivity contribution in [2.75, 3.05) is 36.5 Å². The van der Waals surface area contributed by atoms with E-state index in [1.807, 2.05) is 76.8 Å². The fraction of sp³-hybridized carbons (Fsp3) is 0.143. The zero-order chi connectivity index (χ0) is 25.0. The molecule has 1 fully saturated rings. The summed E-state index contributed by atoms with van der Waals surface area (Å²) in [7, 11) is 0. The van der Waals surface area contributed by atoms with Crippen LogP contribution in [0, 0.1) is 0 Å². The summed E-state index contributed by atoms with van der Waals surface area (Å²) in [5, 5.41) is 11.3. The summed E-state index contributed by atoms with van der Waals surface area (Å²) in [4.78, 5) is 23.8. The minimum Gasteiger partial charge on any atom is -0.378 e. The SMILES string of the molecule is O=C(Nc1ccc2c(cnn2-c2ccc(/N=C/c3nccs3)cc2)c1)c1ccc(N2CCOCC2)cc1. The lowest BCUT2D eigenvalue weighted by molar-refractivity contribution is 0.102. The molecule has 8 nitrogen and oxygen atoms in total. The molecule has 0 unspecified atom stereocenters. The number of rotatable bonds is 6. The van der Waals surface area contributed by atoms with Gasteiger partial charge in [-0.2, -0.15) is 5.10 Å². The molecule has 0 spiro atoms. The summed E-state index contributed by atoms with van der Waals surface area (Å²) in [6, 6.07) is 21.4. The van der Waals surface area contributed by atoms with Gasteiger partial charge in [0.1, 0.15) is 5.01 Å². The van der Waals surface area contributed by atoms with Crippen molar-refractivity contribution in [3.63, 3.8) is 0 Å². The van der Waals surface area contributed by atoms with Crippen molar-refractivity contribution in [2.45, 2.75) is 0 Å². The second-order valence-electron chi connectivity index (χ2n) is 8.58. The third kappa shape index (κ3) is 5.13. The summed E-state index contributed by atoms with van der Waals surface area (Å²) in [5.74, 6) is -0.144. The van der Waals surface area contributed by atoms with Crippen LogP contribution in [0.15, 0.2) is 89.5 Å². The van der Waals surface area contributed by atoms with E-state index in [9.17, 15) is 4.79 Å². The van der Waals surface area contributed by atoms with Crippen LogP contribution in [-0.2, 0) is 4.74 Å². The minimum absolute atomic E-state index is 0.144. The lowest BCUT2D eigenvalue weighted by Crippen LogP contribution is -2.36. The van der Waals surface area contributed by atoms with Gasteiger partial charge >= 0.3 is 0 Å². The van der Waals surface area contributed by atoms with E-state index in [0.717, 1.165) is 65.0 Å². The van der Waals surface area contributed by atoms with Gasteiger partial charge in [0.15, 0.2) is 0 Å². The fourth-order valence-corrected chi connectivity index (χ4v) is 4.77. The number of thiazole rings is 1. The van der Waals surface area contributed by atoms with Crippen LogP contribution in [0.1, 0.15) is 15.4 Å². The topological polar surface area (TPSA) is 84.6 Å². The number of ether oxygens (including phenoxy) is 1. The molecule has 0 radical (unpaired) electrons. The Labute approximate surface area is 217 Å². The molecule has 2 aromatic heterocycles. The highest BCUT2D eigenvalue weighted by atomic mass is 32.1. The highest BCUT2D eigenvalue weighted by Gasteiger charge is 2.13. The highest BCUT2D eigenvalue weighted by molar-refractivity contribution is 7.11. The molecule has 0 atom stereocenters. The monoisotopic (exact) mass is 508 g/mol. The van der Waals surface area contributed by atoms with Gasteiger partial charge in [-0.15, -0.1) is 11.3 Å². The Bertz CT molecular complexity index is 1540. The molecule has 0 saturated carbocycles. The maximum absolute atomic E-state index is 12.8. The molecule has 5 aromatic rings. The maximum atomic E-state index is 12.8. The van der Waals surface area contributed by atoms with E-state index in [0.29, 0.717) is 5.56 Å². The number of anilines is 2. The number of amides is 1. The molecule has 0 bridgehead atoms. The lowest BCUT2D eigenvalue weighted by atomic mass is 10.1. The number of carbonyl (C=O) groups excluding carboxylic acids is 1. The van der Waals surface area contributed by atoms with Crippen molar-refractivity contribution in [3.05, 3.63) is 95.1 Å². The van der Waals surface area contributed by atoms with Crippen molar-refractivity contribution in [1.29, 1.82) is 0 Å². The van der Waals surface area contributed by atoms with Gasteiger partial charge in [-0.3, -0.25) is 9.79 Å². The van der Waals surface area contributed by atoms with Gasteiger partial charge in [0, 0.05) is 47.0 Å². The van der Waals surface area contributed by atoms with Crippen molar-refractivity contribution < 1.29 is 9.53 Å². The van der Waals surface area contributed by atoms with Gasteiger partial charge in [0.25, 0.3) is 5.91 Å². The zero-order valence-corrected chi connectivity index (χ0v) is 20.8. The number of hydrogen-bond donors (Lipinski definition) is 1. The Kier molecular flexibility index (Phi) is 6.45. The lowest BCUT2D eigenvalue weighted by Gasteiger charge is -2.28. The summed E-state index contributed by atoms with van der Waals surface area (Å²) >= 11 is 1.55. The van der Waals surface area contributed by atoms with Gasteiger partial charge < -0.3 is 15.0 Å². The van der Waals surface area contributed by atoms with E-state index in [4.69, 9.17) is 4.74 Å². The first kappa shape index (κ1) is 23.1. The van der Waals surface area contributed by atoms with Crippen LogP contribution in [0.25, 0.3) is 16.6 Å². The van der Waals surface area contributed by atoms with Crippen molar-refractivity contribution in [2.24, 2.45) is 4.99 Å². The number of fused-ring (bicyclic) bond motifs is 1. The Morgan fingerprint density at radius 1 is 1.00 bits per heavy atom. The molecular formula is C28H24N6O2S. The predicted molar refractivity (Wildman–Crippen MR) is 148 cm³/mol. The molecule has 184 valence electrons. The fourth-order valence-electron chi connectivity index (χ4n) is 4.27. The third-order valence-corrected chi connectivity index (χ3v) is 6.91. The molecule has 37 heavy (non-hydrogen) atoms.